The second-order valence-electron chi connectivity index (χ2n) is 3.51. The zero-order chi connectivity index (χ0) is 13.1. The highest BCUT2D eigenvalue weighted by molar-refractivity contribution is 9.10. The van der Waals surface area contributed by atoms with Crippen molar-refractivity contribution < 1.29 is 9.90 Å². The van der Waals surface area contributed by atoms with Gasteiger partial charge in [0.1, 0.15) is 5.75 Å². The van der Waals surface area contributed by atoms with Gasteiger partial charge in [-0.15, -0.1) is 0 Å². The average Bonchev–Trinajstić information content (AvgIpc) is 2.32. The van der Waals surface area contributed by atoms with Crippen LogP contribution in [0.2, 0.25) is 5.02 Å². The van der Waals surface area contributed by atoms with E-state index in [9.17, 15) is 9.90 Å². The molecular weight excluding hydrogens is 320 g/mol. The molecule has 2 N–H and O–H groups in total. The summed E-state index contributed by atoms with van der Waals surface area (Å²) < 4.78 is 0.768. The minimum atomic E-state index is -0.322. The Balaban J connectivity index is 2.19. The predicted molar refractivity (Wildman–Crippen MR) is 73.0 cm³/mol. The number of carbonyl (C=O) groups excluding carboxylic acids is 1. The highest BCUT2D eigenvalue weighted by Gasteiger charge is 2.09. The van der Waals surface area contributed by atoms with E-state index in [4.69, 9.17) is 11.6 Å². The average molecular weight is 328 g/mol. The number of nitrogens with zero attached hydrogens (tertiary/aromatic N) is 1. The van der Waals surface area contributed by atoms with Crippen LogP contribution in [0, 0.1) is 0 Å². The first kappa shape index (κ1) is 12.9. The Morgan fingerprint density at radius 3 is 2.78 bits per heavy atom. The maximum atomic E-state index is 11.9. The minimum absolute atomic E-state index is 0.0580. The van der Waals surface area contributed by atoms with Crippen molar-refractivity contribution in [2.45, 2.75) is 0 Å². The molecule has 6 heteroatoms. The van der Waals surface area contributed by atoms with Crippen molar-refractivity contribution >= 4 is 39.1 Å². The van der Waals surface area contributed by atoms with Crippen LogP contribution in [0.5, 0.6) is 5.75 Å². The summed E-state index contributed by atoms with van der Waals surface area (Å²) in [6.45, 7) is 0. The van der Waals surface area contributed by atoms with Crippen LogP contribution in [0.1, 0.15) is 10.4 Å². The number of phenols is 1. The Labute approximate surface area is 117 Å². The third kappa shape index (κ3) is 3.00. The van der Waals surface area contributed by atoms with Gasteiger partial charge in [0.15, 0.2) is 0 Å². The molecule has 0 radical (unpaired) electrons. The van der Waals surface area contributed by atoms with Gasteiger partial charge in [0.05, 0.1) is 16.9 Å². The number of amides is 1. The summed E-state index contributed by atoms with van der Waals surface area (Å²) in [5.41, 5.74) is 0.927. The Kier molecular flexibility index (Phi) is 3.84. The third-order valence-electron chi connectivity index (χ3n) is 2.17. The molecule has 0 saturated carbocycles. The molecule has 0 unspecified atom stereocenters. The molecule has 1 heterocycles. The predicted octanol–water partition coefficient (Wildman–Crippen LogP) is 3.46. The van der Waals surface area contributed by atoms with Crippen molar-refractivity contribution in [1.82, 2.24) is 4.98 Å². The van der Waals surface area contributed by atoms with Gasteiger partial charge in [-0.1, -0.05) is 11.6 Å². The van der Waals surface area contributed by atoms with Crippen molar-refractivity contribution in [3.8, 4) is 5.75 Å². The largest absolute Gasteiger partial charge is 0.506 e. The van der Waals surface area contributed by atoms with Gasteiger partial charge in [-0.2, -0.15) is 0 Å². The van der Waals surface area contributed by atoms with E-state index in [1.54, 1.807) is 12.3 Å². The van der Waals surface area contributed by atoms with E-state index >= 15 is 0 Å². The number of halogens is 2. The van der Waals surface area contributed by atoms with Crippen LogP contribution in [0.4, 0.5) is 5.69 Å². The first-order valence-electron chi connectivity index (χ1n) is 4.96. The fraction of sp³-hybridized carbons (Fsp3) is 0. The minimum Gasteiger partial charge on any atom is -0.506 e. The van der Waals surface area contributed by atoms with Crippen LogP contribution >= 0.6 is 27.5 Å². The highest BCUT2D eigenvalue weighted by atomic mass is 79.9. The maximum Gasteiger partial charge on any atom is 0.255 e. The number of anilines is 1. The Bertz CT molecular complexity index is 604. The molecule has 0 spiro atoms. The molecule has 0 aliphatic rings. The van der Waals surface area contributed by atoms with Crippen LogP contribution in [0.3, 0.4) is 0 Å². The first-order valence-corrected chi connectivity index (χ1v) is 6.14. The summed E-state index contributed by atoms with van der Waals surface area (Å²) in [6, 6.07) is 5.99. The van der Waals surface area contributed by atoms with Crippen molar-refractivity contribution in [3.05, 3.63) is 51.7 Å². The molecule has 0 fully saturated rings. The molecule has 4 nitrogen and oxygen atoms in total. The zero-order valence-electron chi connectivity index (χ0n) is 9.02. The summed E-state index contributed by atoms with van der Waals surface area (Å²) in [6.07, 6.45) is 3.15. The van der Waals surface area contributed by atoms with E-state index in [0.29, 0.717) is 11.3 Å². The van der Waals surface area contributed by atoms with E-state index in [0.717, 1.165) is 4.47 Å². The van der Waals surface area contributed by atoms with Gasteiger partial charge >= 0.3 is 0 Å². The first-order chi connectivity index (χ1) is 8.56. The van der Waals surface area contributed by atoms with Crippen molar-refractivity contribution in [2.75, 3.05) is 5.32 Å². The summed E-state index contributed by atoms with van der Waals surface area (Å²) in [7, 11) is 0. The van der Waals surface area contributed by atoms with E-state index in [2.05, 4.69) is 26.2 Å². The van der Waals surface area contributed by atoms with Crippen molar-refractivity contribution in [2.24, 2.45) is 0 Å². The standard InChI is InChI=1S/C12H8BrClN2O2/c13-8-4-9(6-15-5-8)16-12(18)7-1-2-11(17)10(14)3-7/h1-6,17H,(H,16,18). The van der Waals surface area contributed by atoms with Gasteiger partial charge < -0.3 is 10.4 Å². The van der Waals surface area contributed by atoms with Gasteiger partial charge in [0.2, 0.25) is 0 Å². The highest BCUT2D eigenvalue weighted by Crippen LogP contribution is 2.24. The second-order valence-corrected chi connectivity index (χ2v) is 4.84. The number of aromatic hydroxyl groups is 1. The van der Waals surface area contributed by atoms with E-state index in [1.165, 1.54) is 24.4 Å². The molecule has 1 aromatic heterocycles. The summed E-state index contributed by atoms with van der Waals surface area (Å²) in [5, 5.41) is 12.1. The molecule has 92 valence electrons. The number of hydrogen-bond donors (Lipinski definition) is 2. The zero-order valence-corrected chi connectivity index (χ0v) is 11.4. The molecule has 18 heavy (non-hydrogen) atoms. The molecule has 0 bridgehead atoms. The molecule has 0 aliphatic heterocycles. The molecule has 2 aromatic rings. The lowest BCUT2D eigenvalue weighted by atomic mass is 10.2. The number of rotatable bonds is 2. The molecule has 1 amide bonds. The molecule has 2 rings (SSSR count). The maximum absolute atomic E-state index is 11.9. The topological polar surface area (TPSA) is 62.2 Å². The van der Waals surface area contributed by atoms with Gasteiger partial charge in [-0.05, 0) is 40.2 Å². The van der Waals surface area contributed by atoms with Gasteiger partial charge in [-0.25, -0.2) is 0 Å². The van der Waals surface area contributed by atoms with Crippen LogP contribution in [0.15, 0.2) is 41.1 Å². The van der Waals surface area contributed by atoms with Crippen LogP contribution in [-0.2, 0) is 0 Å². The number of pyridine rings is 1. The molecule has 0 atom stereocenters. The van der Waals surface area contributed by atoms with Gasteiger partial charge in [0, 0.05) is 16.2 Å². The Morgan fingerprint density at radius 2 is 2.11 bits per heavy atom. The van der Waals surface area contributed by atoms with Gasteiger partial charge in [0.25, 0.3) is 5.91 Å². The number of aromatic nitrogens is 1. The van der Waals surface area contributed by atoms with E-state index < -0.39 is 0 Å². The Morgan fingerprint density at radius 1 is 1.33 bits per heavy atom. The van der Waals surface area contributed by atoms with Crippen LogP contribution in [-0.4, -0.2) is 16.0 Å². The SMILES string of the molecule is O=C(Nc1cncc(Br)c1)c1ccc(O)c(Cl)c1. The lowest BCUT2D eigenvalue weighted by molar-refractivity contribution is 0.102. The van der Waals surface area contributed by atoms with Gasteiger partial charge in [-0.3, -0.25) is 9.78 Å². The molecule has 1 aromatic carbocycles. The molecular formula is C12H8BrClN2O2. The number of hydrogen-bond acceptors (Lipinski definition) is 3. The van der Waals surface area contributed by atoms with E-state index in [-0.39, 0.29) is 16.7 Å². The van der Waals surface area contributed by atoms with Crippen LogP contribution < -0.4 is 5.32 Å². The fourth-order valence-electron chi connectivity index (χ4n) is 1.33. The summed E-state index contributed by atoms with van der Waals surface area (Å²) in [4.78, 5) is 15.8. The summed E-state index contributed by atoms with van der Waals surface area (Å²) in [5.74, 6) is -0.380. The van der Waals surface area contributed by atoms with Crippen LogP contribution in [0.25, 0.3) is 0 Å². The Hall–Kier alpha value is -1.59. The third-order valence-corrected chi connectivity index (χ3v) is 2.91. The lowest BCUT2D eigenvalue weighted by Gasteiger charge is -2.06. The quantitative estimate of drug-likeness (QED) is 0.888. The number of benzene rings is 1. The molecule has 0 saturated heterocycles. The van der Waals surface area contributed by atoms with Crippen molar-refractivity contribution in [1.29, 1.82) is 0 Å². The number of nitrogens with one attached hydrogen (secondary N) is 1. The second kappa shape index (κ2) is 5.37. The van der Waals surface area contributed by atoms with E-state index in [1.807, 2.05) is 0 Å². The normalized spacial score (nSPS) is 10.1. The van der Waals surface area contributed by atoms with Crippen molar-refractivity contribution in [3.63, 3.8) is 0 Å². The summed E-state index contributed by atoms with van der Waals surface area (Å²) >= 11 is 9.00. The number of carbonyl (C=O) groups is 1. The molecule has 0 aliphatic carbocycles. The monoisotopic (exact) mass is 326 g/mol. The smallest absolute Gasteiger partial charge is 0.255 e. The number of phenolic OH excluding ortho intramolecular Hbond substituents is 1. The lowest BCUT2D eigenvalue weighted by Crippen LogP contribution is -2.11. The fourth-order valence-corrected chi connectivity index (χ4v) is 1.88.